The number of nitrogens with one attached hydrogen (secondary N) is 1. The van der Waals surface area contributed by atoms with Crippen molar-refractivity contribution in [2.45, 2.75) is 13.5 Å². The van der Waals surface area contributed by atoms with Crippen LogP contribution in [0.2, 0.25) is 0 Å². The highest BCUT2D eigenvalue weighted by Crippen LogP contribution is 2.14. The highest BCUT2D eigenvalue weighted by Gasteiger charge is 2.15. The highest BCUT2D eigenvalue weighted by molar-refractivity contribution is 5.97. The number of carbonyl (C=O) groups excluding carboxylic acids is 2. The van der Waals surface area contributed by atoms with Crippen molar-refractivity contribution in [1.82, 2.24) is 10.3 Å². The van der Waals surface area contributed by atoms with Gasteiger partial charge in [0.1, 0.15) is 12.4 Å². The van der Waals surface area contributed by atoms with Crippen LogP contribution in [0.3, 0.4) is 0 Å². The molecule has 2 rings (SSSR count). The quantitative estimate of drug-likeness (QED) is 0.917. The van der Waals surface area contributed by atoms with E-state index in [1.54, 1.807) is 24.5 Å². The molecule has 0 saturated heterocycles. The first kappa shape index (κ1) is 15.6. The van der Waals surface area contributed by atoms with Crippen molar-refractivity contribution in [3.8, 4) is 0 Å². The minimum absolute atomic E-state index is 0.119. The molecule has 6 heteroatoms. The van der Waals surface area contributed by atoms with Gasteiger partial charge in [-0.15, -0.1) is 0 Å². The largest absolute Gasteiger partial charge is 0.350 e. The molecular weight excluding hydrogens is 285 g/mol. The van der Waals surface area contributed by atoms with Gasteiger partial charge in [0, 0.05) is 31.5 Å². The number of pyridine rings is 1. The Morgan fingerprint density at radius 2 is 1.77 bits per heavy atom. The van der Waals surface area contributed by atoms with Gasteiger partial charge in [-0.05, 0) is 42.0 Å². The number of anilines is 1. The fourth-order valence-electron chi connectivity index (χ4n) is 1.91. The Morgan fingerprint density at radius 3 is 2.36 bits per heavy atom. The van der Waals surface area contributed by atoms with Gasteiger partial charge >= 0.3 is 0 Å². The number of hydrogen-bond acceptors (Lipinski definition) is 3. The summed E-state index contributed by atoms with van der Waals surface area (Å²) >= 11 is 0. The Morgan fingerprint density at radius 1 is 1.14 bits per heavy atom. The highest BCUT2D eigenvalue weighted by atomic mass is 19.1. The topological polar surface area (TPSA) is 62.3 Å². The molecule has 0 radical (unpaired) electrons. The van der Waals surface area contributed by atoms with Gasteiger partial charge < -0.3 is 10.2 Å². The van der Waals surface area contributed by atoms with E-state index in [0.717, 1.165) is 5.56 Å². The van der Waals surface area contributed by atoms with E-state index in [2.05, 4.69) is 10.3 Å². The standard InChI is InChI=1S/C16H16FN3O2/c1-12(21)20(15-4-2-14(17)3-5-15)11-16(22)19-10-13-6-8-18-9-7-13/h2-9H,10-11H2,1H3,(H,19,22). The Hall–Kier alpha value is -2.76. The Bertz CT molecular complexity index is 644. The Kier molecular flexibility index (Phi) is 5.19. The normalized spacial score (nSPS) is 10.1. The molecule has 0 aliphatic rings. The van der Waals surface area contributed by atoms with E-state index < -0.39 is 5.82 Å². The molecule has 1 aromatic heterocycles. The van der Waals surface area contributed by atoms with E-state index >= 15 is 0 Å². The zero-order chi connectivity index (χ0) is 15.9. The van der Waals surface area contributed by atoms with Crippen LogP contribution in [0.15, 0.2) is 48.8 Å². The van der Waals surface area contributed by atoms with Crippen LogP contribution < -0.4 is 10.2 Å². The number of amides is 2. The zero-order valence-corrected chi connectivity index (χ0v) is 12.1. The van der Waals surface area contributed by atoms with Crippen molar-refractivity contribution < 1.29 is 14.0 Å². The van der Waals surface area contributed by atoms with E-state index in [4.69, 9.17) is 0 Å². The molecule has 0 bridgehead atoms. The van der Waals surface area contributed by atoms with Crippen LogP contribution in [0.5, 0.6) is 0 Å². The smallest absolute Gasteiger partial charge is 0.240 e. The van der Waals surface area contributed by atoms with Crippen molar-refractivity contribution >= 4 is 17.5 Å². The van der Waals surface area contributed by atoms with Gasteiger partial charge in [-0.2, -0.15) is 0 Å². The number of aromatic nitrogens is 1. The molecular formula is C16H16FN3O2. The summed E-state index contributed by atoms with van der Waals surface area (Å²) in [5, 5.41) is 2.73. The number of nitrogens with zero attached hydrogens (tertiary/aromatic N) is 2. The third-order valence-electron chi connectivity index (χ3n) is 3.06. The van der Waals surface area contributed by atoms with Crippen molar-refractivity contribution in [1.29, 1.82) is 0 Å². The van der Waals surface area contributed by atoms with E-state index in [-0.39, 0.29) is 18.4 Å². The van der Waals surface area contributed by atoms with Gasteiger partial charge in [0.15, 0.2) is 0 Å². The maximum Gasteiger partial charge on any atom is 0.240 e. The number of halogens is 1. The summed E-state index contributed by atoms with van der Waals surface area (Å²) in [5.41, 5.74) is 1.40. The third kappa shape index (κ3) is 4.37. The Balaban J connectivity index is 1.97. The first-order valence-corrected chi connectivity index (χ1v) is 6.75. The van der Waals surface area contributed by atoms with E-state index in [0.29, 0.717) is 12.2 Å². The molecule has 0 aliphatic carbocycles. The van der Waals surface area contributed by atoms with Gasteiger partial charge in [-0.1, -0.05) is 0 Å². The maximum absolute atomic E-state index is 12.9. The Labute approximate surface area is 127 Å². The average Bonchev–Trinajstić information content (AvgIpc) is 2.52. The van der Waals surface area contributed by atoms with Crippen LogP contribution in [-0.4, -0.2) is 23.3 Å². The van der Waals surface area contributed by atoms with Gasteiger partial charge in [0.05, 0.1) is 0 Å². The van der Waals surface area contributed by atoms with Crippen LogP contribution in [0, 0.1) is 5.82 Å². The lowest BCUT2D eigenvalue weighted by Gasteiger charge is -2.20. The van der Waals surface area contributed by atoms with E-state index in [9.17, 15) is 14.0 Å². The van der Waals surface area contributed by atoms with E-state index in [1.165, 1.54) is 36.1 Å². The minimum Gasteiger partial charge on any atom is -0.350 e. The molecule has 1 heterocycles. The summed E-state index contributed by atoms with van der Waals surface area (Å²) < 4.78 is 12.9. The molecule has 22 heavy (non-hydrogen) atoms. The molecule has 1 aromatic carbocycles. The summed E-state index contributed by atoms with van der Waals surface area (Å²) in [6.07, 6.45) is 3.28. The molecule has 0 atom stereocenters. The molecule has 2 amide bonds. The maximum atomic E-state index is 12.9. The van der Waals surface area contributed by atoms with Crippen molar-refractivity contribution in [2.75, 3.05) is 11.4 Å². The first-order valence-electron chi connectivity index (χ1n) is 6.75. The zero-order valence-electron chi connectivity index (χ0n) is 12.1. The summed E-state index contributed by atoms with van der Waals surface area (Å²) in [4.78, 5) is 28.8. The second-order valence-corrected chi connectivity index (χ2v) is 4.71. The van der Waals surface area contributed by atoms with Crippen LogP contribution in [0.4, 0.5) is 10.1 Å². The van der Waals surface area contributed by atoms with Crippen molar-refractivity contribution in [2.24, 2.45) is 0 Å². The van der Waals surface area contributed by atoms with Crippen LogP contribution >= 0.6 is 0 Å². The molecule has 0 aliphatic heterocycles. The van der Waals surface area contributed by atoms with Gasteiger partial charge in [0.2, 0.25) is 11.8 Å². The number of benzene rings is 1. The molecule has 5 nitrogen and oxygen atoms in total. The molecule has 0 saturated carbocycles. The minimum atomic E-state index is -0.394. The summed E-state index contributed by atoms with van der Waals surface area (Å²) in [5.74, 6) is -0.976. The monoisotopic (exact) mass is 301 g/mol. The van der Waals surface area contributed by atoms with Crippen molar-refractivity contribution in [3.63, 3.8) is 0 Å². The molecule has 0 spiro atoms. The SMILES string of the molecule is CC(=O)N(CC(=O)NCc1ccncc1)c1ccc(F)cc1. The predicted octanol–water partition coefficient (Wildman–Crippen LogP) is 1.89. The van der Waals surface area contributed by atoms with Crippen LogP contribution in [0.25, 0.3) is 0 Å². The van der Waals surface area contributed by atoms with Gasteiger partial charge in [-0.25, -0.2) is 4.39 Å². The summed E-state index contributed by atoms with van der Waals surface area (Å²) in [6, 6.07) is 9.02. The summed E-state index contributed by atoms with van der Waals surface area (Å²) in [7, 11) is 0. The molecule has 0 fully saturated rings. The first-order chi connectivity index (χ1) is 10.6. The number of carbonyl (C=O) groups is 2. The predicted molar refractivity (Wildman–Crippen MR) is 80.5 cm³/mol. The second kappa shape index (κ2) is 7.31. The van der Waals surface area contributed by atoms with Gasteiger partial charge in [0.25, 0.3) is 0 Å². The van der Waals surface area contributed by atoms with Crippen LogP contribution in [0.1, 0.15) is 12.5 Å². The molecule has 1 N–H and O–H groups in total. The second-order valence-electron chi connectivity index (χ2n) is 4.71. The third-order valence-corrected chi connectivity index (χ3v) is 3.06. The lowest BCUT2D eigenvalue weighted by Crippen LogP contribution is -2.39. The van der Waals surface area contributed by atoms with Gasteiger partial charge in [-0.3, -0.25) is 14.6 Å². The lowest BCUT2D eigenvalue weighted by molar-refractivity contribution is -0.123. The molecule has 0 unspecified atom stereocenters. The molecule has 114 valence electrons. The number of rotatable bonds is 5. The lowest BCUT2D eigenvalue weighted by atomic mass is 10.2. The molecule has 2 aromatic rings. The fraction of sp³-hybridized carbons (Fsp3) is 0.188. The van der Waals surface area contributed by atoms with Crippen molar-refractivity contribution in [3.05, 3.63) is 60.2 Å². The summed E-state index contributed by atoms with van der Waals surface area (Å²) in [6.45, 7) is 1.60. The average molecular weight is 301 g/mol. The van der Waals surface area contributed by atoms with Crippen LogP contribution in [-0.2, 0) is 16.1 Å². The fourth-order valence-corrected chi connectivity index (χ4v) is 1.91. The van der Waals surface area contributed by atoms with E-state index in [1.807, 2.05) is 0 Å². The number of hydrogen-bond donors (Lipinski definition) is 1.